The Balaban J connectivity index is 1.82. The number of imidazole rings is 1. The molecule has 0 saturated carbocycles. The molecular formula is C19H23N5O3S. The lowest BCUT2D eigenvalue weighted by Crippen LogP contribution is -2.22. The molecule has 148 valence electrons. The highest BCUT2D eigenvalue weighted by atomic mass is 32.2. The molecule has 1 amide bonds. The molecule has 1 N–H and O–H groups in total. The van der Waals surface area contributed by atoms with Crippen LogP contribution in [0.5, 0.6) is 0 Å². The predicted molar refractivity (Wildman–Crippen MR) is 107 cm³/mol. The van der Waals surface area contributed by atoms with E-state index in [2.05, 4.69) is 15.3 Å². The van der Waals surface area contributed by atoms with Gasteiger partial charge >= 0.3 is 0 Å². The minimum Gasteiger partial charge on any atom is -0.328 e. The van der Waals surface area contributed by atoms with Gasteiger partial charge < -0.3 is 9.88 Å². The second-order valence-electron chi connectivity index (χ2n) is 6.47. The SMILES string of the molecule is CCn1c(CCC(=O)Nc2ccccn2)nc2cc(S(=O)(=O)N(C)C)ccc21. The largest absolute Gasteiger partial charge is 0.328 e. The molecule has 1 aromatic carbocycles. The van der Waals surface area contributed by atoms with E-state index in [-0.39, 0.29) is 17.2 Å². The Morgan fingerprint density at radius 3 is 2.64 bits per heavy atom. The molecule has 9 heteroatoms. The summed E-state index contributed by atoms with van der Waals surface area (Å²) >= 11 is 0. The van der Waals surface area contributed by atoms with Gasteiger partial charge in [-0.05, 0) is 37.3 Å². The zero-order chi connectivity index (χ0) is 20.3. The van der Waals surface area contributed by atoms with Gasteiger partial charge in [-0.2, -0.15) is 0 Å². The molecule has 0 aliphatic rings. The summed E-state index contributed by atoms with van der Waals surface area (Å²) in [5, 5.41) is 2.75. The summed E-state index contributed by atoms with van der Waals surface area (Å²) in [6.45, 7) is 2.66. The van der Waals surface area contributed by atoms with Crippen molar-refractivity contribution in [3.63, 3.8) is 0 Å². The van der Waals surface area contributed by atoms with Crippen molar-refractivity contribution < 1.29 is 13.2 Å². The molecule has 3 aromatic rings. The van der Waals surface area contributed by atoms with Crippen molar-refractivity contribution in [3.05, 3.63) is 48.4 Å². The summed E-state index contributed by atoms with van der Waals surface area (Å²) in [6.07, 6.45) is 2.31. The van der Waals surface area contributed by atoms with Gasteiger partial charge in [0.25, 0.3) is 0 Å². The van der Waals surface area contributed by atoms with Crippen molar-refractivity contribution in [2.45, 2.75) is 31.2 Å². The van der Waals surface area contributed by atoms with E-state index in [0.29, 0.717) is 24.3 Å². The first-order valence-corrected chi connectivity index (χ1v) is 10.4. The van der Waals surface area contributed by atoms with Crippen LogP contribution in [0.4, 0.5) is 5.82 Å². The zero-order valence-electron chi connectivity index (χ0n) is 16.1. The van der Waals surface area contributed by atoms with Gasteiger partial charge in [-0.3, -0.25) is 4.79 Å². The number of carbonyl (C=O) groups is 1. The Labute approximate surface area is 164 Å². The maximum atomic E-state index is 12.4. The molecule has 3 rings (SSSR count). The number of sulfonamides is 1. The molecule has 0 bridgehead atoms. The number of aryl methyl sites for hydroxylation is 2. The lowest BCUT2D eigenvalue weighted by atomic mass is 10.2. The first kappa shape index (κ1) is 20.0. The van der Waals surface area contributed by atoms with Crippen LogP contribution in [-0.4, -0.2) is 47.3 Å². The molecular weight excluding hydrogens is 378 g/mol. The van der Waals surface area contributed by atoms with Crippen LogP contribution in [-0.2, 0) is 27.8 Å². The summed E-state index contributed by atoms with van der Waals surface area (Å²) in [4.78, 5) is 21.0. The van der Waals surface area contributed by atoms with Crippen molar-refractivity contribution in [2.75, 3.05) is 19.4 Å². The number of fused-ring (bicyclic) bond motifs is 1. The maximum absolute atomic E-state index is 12.4. The van der Waals surface area contributed by atoms with Gasteiger partial charge in [-0.15, -0.1) is 0 Å². The monoisotopic (exact) mass is 401 g/mol. The molecule has 0 aliphatic carbocycles. The number of rotatable bonds is 7. The number of pyridine rings is 1. The Morgan fingerprint density at radius 1 is 1.21 bits per heavy atom. The minimum absolute atomic E-state index is 0.149. The Hall–Kier alpha value is -2.78. The van der Waals surface area contributed by atoms with E-state index < -0.39 is 10.0 Å². The standard InChI is InChI=1S/C19H23N5O3S/c1-4-24-16-9-8-14(28(26,27)23(2)3)13-15(16)21-18(24)10-11-19(25)22-17-7-5-6-12-20-17/h5-9,12-13H,4,10-11H2,1-3H3,(H,20,22,25). The highest BCUT2D eigenvalue weighted by molar-refractivity contribution is 7.89. The number of nitrogens with one attached hydrogen (secondary N) is 1. The van der Waals surface area contributed by atoms with E-state index in [0.717, 1.165) is 11.3 Å². The number of aromatic nitrogens is 3. The van der Waals surface area contributed by atoms with Crippen LogP contribution in [0.3, 0.4) is 0 Å². The van der Waals surface area contributed by atoms with Gasteiger partial charge in [0.2, 0.25) is 15.9 Å². The van der Waals surface area contributed by atoms with Crippen LogP contribution >= 0.6 is 0 Å². The molecule has 0 unspecified atom stereocenters. The van der Waals surface area contributed by atoms with E-state index in [4.69, 9.17) is 0 Å². The summed E-state index contributed by atoms with van der Waals surface area (Å²) in [6, 6.07) is 10.2. The summed E-state index contributed by atoms with van der Waals surface area (Å²) in [5.41, 5.74) is 1.45. The second-order valence-corrected chi connectivity index (χ2v) is 8.63. The number of anilines is 1. The lowest BCUT2D eigenvalue weighted by Gasteiger charge is -2.11. The molecule has 0 fully saturated rings. The van der Waals surface area contributed by atoms with Gasteiger partial charge in [0.1, 0.15) is 11.6 Å². The number of carbonyl (C=O) groups excluding carboxylic acids is 1. The van der Waals surface area contributed by atoms with Crippen molar-refractivity contribution in [1.29, 1.82) is 0 Å². The van der Waals surface area contributed by atoms with E-state index in [9.17, 15) is 13.2 Å². The number of benzene rings is 1. The Morgan fingerprint density at radius 2 is 2.00 bits per heavy atom. The quantitative estimate of drug-likeness (QED) is 0.655. The Kier molecular flexibility index (Phi) is 5.76. The molecule has 8 nitrogen and oxygen atoms in total. The van der Waals surface area contributed by atoms with Gasteiger partial charge in [0.15, 0.2) is 0 Å². The lowest BCUT2D eigenvalue weighted by molar-refractivity contribution is -0.116. The fourth-order valence-electron chi connectivity index (χ4n) is 2.94. The van der Waals surface area contributed by atoms with Crippen LogP contribution < -0.4 is 5.32 Å². The van der Waals surface area contributed by atoms with Crippen LogP contribution in [0.25, 0.3) is 11.0 Å². The van der Waals surface area contributed by atoms with Crippen LogP contribution in [0.1, 0.15) is 19.2 Å². The maximum Gasteiger partial charge on any atom is 0.242 e. The molecule has 0 spiro atoms. The highest BCUT2D eigenvalue weighted by Gasteiger charge is 2.19. The summed E-state index contributed by atoms with van der Waals surface area (Å²) in [5.74, 6) is 1.10. The van der Waals surface area contributed by atoms with Crippen molar-refractivity contribution in [1.82, 2.24) is 18.8 Å². The summed E-state index contributed by atoms with van der Waals surface area (Å²) < 4.78 is 27.9. The first-order valence-electron chi connectivity index (χ1n) is 8.95. The van der Waals surface area contributed by atoms with Crippen LogP contribution in [0.15, 0.2) is 47.5 Å². The third-order valence-electron chi connectivity index (χ3n) is 4.40. The topological polar surface area (TPSA) is 97.2 Å². The van der Waals surface area contributed by atoms with Crippen LogP contribution in [0.2, 0.25) is 0 Å². The smallest absolute Gasteiger partial charge is 0.242 e. The van der Waals surface area contributed by atoms with Gasteiger partial charge in [0.05, 0.1) is 15.9 Å². The molecule has 0 radical (unpaired) electrons. The zero-order valence-corrected chi connectivity index (χ0v) is 16.9. The van der Waals surface area contributed by atoms with E-state index >= 15 is 0 Å². The fraction of sp³-hybridized carbons (Fsp3) is 0.316. The molecule has 0 saturated heterocycles. The Bertz CT molecular complexity index is 1090. The fourth-order valence-corrected chi connectivity index (χ4v) is 3.86. The highest BCUT2D eigenvalue weighted by Crippen LogP contribution is 2.22. The first-order chi connectivity index (χ1) is 13.3. The molecule has 2 heterocycles. The minimum atomic E-state index is -3.53. The van der Waals surface area contributed by atoms with Gasteiger partial charge in [-0.25, -0.2) is 22.7 Å². The normalized spacial score (nSPS) is 11.9. The average molecular weight is 401 g/mol. The van der Waals surface area contributed by atoms with Crippen molar-refractivity contribution >= 4 is 32.8 Å². The molecule has 0 atom stereocenters. The predicted octanol–water partition coefficient (Wildman–Crippen LogP) is 2.27. The number of hydrogen-bond acceptors (Lipinski definition) is 5. The molecule has 2 aromatic heterocycles. The number of hydrogen-bond donors (Lipinski definition) is 1. The van der Waals surface area contributed by atoms with Gasteiger partial charge in [0, 0.05) is 39.7 Å². The number of amides is 1. The average Bonchev–Trinajstić information content (AvgIpc) is 3.03. The third-order valence-corrected chi connectivity index (χ3v) is 6.21. The second kappa shape index (κ2) is 8.07. The van der Waals surface area contributed by atoms with Crippen molar-refractivity contribution in [2.24, 2.45) is 0 Å². The molecule has 0 aliphatic heterocycles. The van der Waals surface area contributed by atoms with Gasteiger partial charge in [-0.1, -0.05) is 6.07 Å². The van der Waals surface area contributed by atoms with Crippen LogP contribution in [0, 0.1) is 0 Å². The molecule has 28 heavy (non-hydrogen) atoms. The van der Waals surface area contributed by atoms with E-state index in [1.807, 2.05) is 11.5 Å². The van der Waals surface area contributed by atoms with E-state index in [1.54, 1.807) is 42.6 Å². The number of nitrogens with zero attached hydrogens (tertiary/aromatic N) is 4. The summed E-state index contributed by atoms with van der Waals surface area (Å²) in [7, 11) is -0.534. The van der Waals surface area contributed by atoms with Crippen molar-refractivity contribution in [3.8, 4) is 0 Å². The van der Waals surface area contributed by atoms with E-state index in [1.165, 1.54) is 18.4 Å². The third kappa shape index (κ3) is 4.05.